The molecule has 1 aromatic carbocycles. The van der Waals surface area contributed by atoms with E-state index in [-0.39, 0.29) is 29.5 Å². The van der Waals surface area contributed by atoms with E-state index in [9.17, 15) is 18.4 Å². The van der Waals surface area contributed by atoms with Crippen molar-refractivity contribution in [3.63, 3.8) is 0 Å². The predicted molar refractivity (Wildman–Crippen MR) is 121 cm³/mol. The van der Waals surface area contributed by atoms with E-state index in [1.807, 2.05) is 6.07 Å². The molecule has 2 aromatic rings. The van der Waals surface area contributed by atoms with Crippen LogP contribution in [-0.4, -0.2) is 52.0 Å². The molecule has 1 aliphatic heterocycles. The number of nitrogens with zero attached hydrogens (tertiary/aromatic N) is 3. The zero-order valence-electron chi connectivity index (χ0n) is 18.6. The van der Waals surface area contributed by atoms with Crippen LogP contribution >= 0.6 is 0 Å². The van der Waals surface area contributed by atoms with Crippen molar-refractivity contribution < 1.29 is 23.1 Å². The number of anilines is 1. The van der Waals surface area contributed by atoms with E-state index in [1.165, 1.54) is 19.1 Å². The molecule has 1 unspecified atom stereocenters. The van der Waals surface area contributed by atoms with Gasteiger partial charge in [0.1, 0.15) is 5.82 Å². The highest BCUT2D eigenvalue weighted by molar-refractivity contribution is 6.04. The molecule has 1 saturated carbocycles. The lowest BCUT2D eigenvalue weighted by atomic mass is 9.87. The Hall–Kier alpha value is -3.69. The van der Waals surface area contributed by atoms with Gasteiger partial charge >= 0.3 is 6.43 Å². The number of hydrogen-bond donors (Lipinski definition) is 2. The highest BCUT2D eigenvalue weighted by atomic mass is 19.3. The first-order chi connectivity index (χ1) is 16.3. The van der Waals surface area contributed by atoms with E-state index in [4.69, 9.17) is 10.8 Å². The van der Waals surface area contributed by atoms with Gasteiger partial charge in [0.25, 0.3) is 11.8 Å². The average molecular weight is 469 g/mol. The van der Waals surface area contributed by atoms with E-state index in [0.29, 0.717) is 17.9 Å². The molecule has 178 valence electrons. The number of halogens is 2. The van der Waals surface area contributed by atoms with Crippen molar-refractivity contribution in [2.24, 2.45) is 0 Å². The number of benzene rings is 1. The molecule has 2 aliphatic rings. The molecule has 2 amide bonds. The second kappa shape index (κ2) is 9.66. The number of aromatic nitrogens is 1. The van der Waals surface area contributed by atoms with Crippen LogP contribution in [0.4, 0.5) is 14.6 Å². The Kier molecular flexibility index (Phi) is 6.67. The van der Waals surface area contributed by atoms with Crippen LogP contribution in [0.15, 0.2) is 42.6 Å². The largest absolute Gasteiger partial charge is 0.419 e. The maximum atomic E-state index is 13.4. The third kappa shape index (κ3) is 4.52. The fourth-order valence-electron chi connectivity index (χ4n) is 4.76. The summed E-state index contributed by atoms with van der Waals surface area (Å²) in [5.74, 6) is -1.77. The van der Waals surface area contributed by atoms with E-state index in [1.54, 1.807) is 34.2 Å². The monoisotopic (exact) mass is 469 g/mol. The van der Waals surface area contributed by atoms with Gasteiger partial charge in [-0.05, 0) is 42.7 Å². The van der Waals surface area contributed by atoms with Crippen molar-refractivity contribution in [1.29, 1.82) is 10.8 Å². The molecule has 2 atom stereocenters. The molecule has 34 heavy (non-hydrogen) atoms. The van der Waals surface area contributed by atoms with Crippen LogP contribution in [-0.2, 0) is 16.1 Å². The lowest BCUT2D eigenvalue weighted by Gasteiger charge is -2.43. The summed E-state index contributed by atoms with van der Waals surface area (Å²) < 4.78 is 29.8. The molecule has 2 N–H and O–H groups in total. The lowest BCUT2D eigenvalue weighted by molar-refractivity contribution is -0.117. The van der Waals surface area contributed by atoms with Crippen molar-refractivity contribution in [2.45, 2.75) is 57.7 Å². The molecule has 0 saturated heterocycles. The number of alkyl halides is 2. The molecule has 1 aliphatic carbocycles. The molecule has 2 heterocycles. The van der Waals surface area contributed by atoms with Gasteiger partial charge < -0.3 is 9.64 Å². The molecule has 1 aromatic heterocycles. The Morgan fingerprint density at radius 3 is 2.65 bits per heavy atom. The quantitative estimate of drug-likeness (QED) is 0.510. The van der Waals surface area contributed by atoms with E-state index < -0.39 is 18.2 Å². The molecule has 0 bridgehead atoms. The lowest BCUT2D eigenvalue weighted by Crippen LogP contribution is -2.55. The maximum Gasteiger partial charge on any atom is 0.312 e. The van der Waals surface area contributed by atoms with Gasteiger partial charge in [-0.2, -0.15) is 8.78 Å². The molecule has 0 radical (unpaired) electrons. The number of rotatable bonds is 5. The zero-order chi connectivity index (χ0) is 24.4. The summed E-state index contributed by atoms with van der Waals surface area (Å²) in [6.07, 6.45) is 1.83. The normalized spacial score (nSPS) is 19.6. The zero-order valence-corrected chi connectivity index (χ0v) is 18.6. The van der Waals surface area contributed by atoms with Gasteiger partial charge in [-0.25, -0.2) is 4.98 Å². The van der Waals surface area contributed by atoms with E-state index in [0.717, 1.165) is 31.2 Å². The highest BCUT2D eigenvalue weighted by Crippen LogP contribution is 2.35. The van der Waals surface area contributed by atoms with Crippen LogP contribution in [0.3, 0.4) is 0 Å². The van der Waals surface area contributed by atoms with Gasteiger partial charge in [0.2, 0.25) is 11.8 Å². The van der Waals surface area contributed by atoms with Gasteiger partial charge in [0.15, 0.2) is 0 Å². The van der Waals surface area contributed by atoms with Crippen molar-refractivity contribution >= 4 is 29.4 Å². The minimum absolute atomic E-state index is 0.137. The molecule has 0 spiro atoms. The Labute approximate surface area is 195 Å². The van der Waals surface area contributed by atoms with Crippen LogP contribution in [0.5, 0.6) is 0 Å². The third-order valence-corrected chi connectivity index (χ3v) is 6.28. The van der Waals surface area contributed by atoms with Crippen molar-refractivity contribution in [3.05, 3.63) is 59.3 Å². The van der Waals surface area contributed by atoms with Gasteiger partial charge in [-0.15, -0.1) is 0 Å². The molecule has 8 nitrogen and oxygen atoms in total. The number of nitrogens with one attached hydrogen (secondary N) is 2. The van der Waals surface area contributed by atoms with Gasteiger partial charge in [0, 0.05) is 30.8 Å². The second-order valence-corrected chi connectivity index (χ2v) is 8.40. The summed E-state index contributed by atoms with van der Waals surface area (Å²) in [4.78, 5) is 33.8. The summed E-state index contributed by atoms with van der Waals surface area (Å²) in [5.41, 5.74) is 1.26. The minimum Gasteiger partial charge on any atom is -0.419 e. The smallest absolute Gasteiger partial charge is 0.312 e. The highest BCUT2D eigenvalue weighted by Gasteiger charge is 2.41. The van der Waals surface area contributed by atoms with Crippen LogP contribution in [0, 0.1) is 10.8 Å². The van der Waals surface area contributed by atoms with Gasteiger partial charge in [-0.1, -0.05) is 25.0 Å². The van der Waals surface area contributed by atoms with Crippen molar-refractivity contribution in [3.8, 4) is 0 Å². The predicted octanol–water partition coefficient (Wildman–Crippen LogP) is 3.99. The number of ether oxygens (including phenoxy) is 1. The molecular formula is C24H25F2N5O3. The van der Waals surface area contributed by atoms with E-state index >= 15 is 0 Å². The average Bonchev–Trinajstić information content (AvgIpc) is 3.15. The third-order valence-electron chi connectivity index (χ3n) is 6.28. The number of pyridine rings is 1. The number of fused-ring (bicyclic) bond motifs is 1. The first kappa shape index (κ1) is 23.5. The summed E-state index contributed by atoms with van der Waals surface area (Å²) in [6, 6.07) is 9.57. The van der Waals surface area contributed by atoms with Gasteiger partial charge in [-0.3, -0.25) is 25.3 Å². The Bertz CT molecular complexity index is 1120. The topological polar surface area (TPSA) is 110 Å². The second-order valence-electron chi connectivity index (χ2n) is 8.40. The maximum absolute atomic E-state index is 13.4. The summed E-state index contributed by atoms with van der Waals surface area (Å²) >= 11 is 0. The molecule has 4 rings (SSSR count). The van der Waals surface area contributed by atoms with Crippen LogP contribution < -0.4 is 4.90 Å². The first-order valence-electron chi connectivity index (χ1n) is 11.1. The Morgan fingerprint density at radius 1 is 1.21 bits per heavy atom. The molecule has 1 fully saturated rings. The van der Waals surface area contributed by atoms with Gasteiger partial charge in [0.05, 0.1) is 12.1 Å². The van der Waals surface area contributed by atoms with Crippen LogP contribution in [0.2, 0.25) is 0 Å². The van der Waals surface area contributed by atoms with Crippen LogP contribution in [0.1, 0.15) is 54.1 Å². The fourth-order valence-corrected chi connectivity index (χ4v) is 4.76. The molecular weight excluding hydrogens is 444 g/mol. The first-order valence-corrected chi connectivity index (χ1v) is 11.1. The minimum atomic E-state index is -3.13. The fraction of sp³-hybridized carbons (Fsp3) is 0.375. The summed E-state index contributed by atoms with van der Waals surface area (Å²) in [5, 5.41) is 15.0. The number of carbonyl (C=O) groups is 2. The summed E-state index contributed by atoms with van der Waals surface area (Å²) in [6.45, 7) is 1.85. The number of hydrogen-bond acceptors (Lipinski definition) is 6. The van der Waals surface area contributed by atoms with Crippen molar-refractivity contribution in [2.75, 3.05) is 4.90 Å². The standard InChI is InChI=1S/C24H25F2N5O3/c1-14(32)31(20-8-4-5-11-29-20)19-7-3-2-6-18(19)30-13-16-10-9-15(12-17(16)24(30)33)22(27)34-23(28)21(25)26/h4-5,8-12,18-19,21,27-28H,2-3,6-7,13H2,1H3/t18?,19-/m1/s1. The van der Waals surface area contributed by atoms with Crippen molar-refractivity contribution in [1.82, 2.24) is 9.88 Å². The SMILES string of the molecule is CC(=O)N(c1ccccn1)[C@@H]1CCCCC1N1Cc2ccc(C(=N)OC(=N)C(F)F)cc2C1=O. The Balaban J connectivity index is 1.59. The van der Waals surface area contributed by atoms with E-state index in [2.05, 4.69) is 9.72 Å². The number of amides is 2. The molecule has 10 heteroatoms. The van der Waals surface area contributed by atoms with Crippen LogP contribution in [0.25, 0.3) is 0 Å². The number of carbonyl (C=O) groups excluding carboxylic acids is 2. The summed E-state index contributed by atoms with van der Waals surface area (Å²) in [7, 11) is 0. The Morgan fingerprint density at radius 2 is 1.97 bits per heavy atom.